The van der Waals surface area contributed by atoms with Crippen LogP contribution in [-0.2, 0) is 19.6 Å². The Balaban J connectivity index is 0.00000280. The Kier molecular flexibility index (Phi) is 7.87. The minimum absolute atomic E-state index is 0. The van der Waals surface area contributed by atoms with Gasteiger partial charge in [-0.05, 0) is 50.3 Å². The van der Waals surface area contributed by atoms with Crippen LogP contribution in [0.1, 0.15) is 36.2 Å². The highest BCUT2D eigenvalue weighted by molar-refractivity contribution is 7.89. The Morgan fingerprint density at radius 2 is 2.11 bits per heavy atom. The highest BCUT2D eigenvalue weighted by Gasteiger charge is 2.33. The Labute approximate surface area is 170 Å². The molecule has 0 bridgehead atoms. The largest absolute Gasteiger partial charge is 0.463 e. The molecule has 9 nitrogen and oxygen atoms in total. The second kappa shape index (κ2) is 9.73. The molecule has 2 saturated heterocycles. The van der Waals surface area contributed by atoms with E-state index in [0.29, 0.717) is 26.1 Å². The van der Waals surface area contributed by atoms with Gasteiger partial charge in [-0.15, -0.1) is 12.4 Å². The maximum atomic E-state index is 12.8. The van der Waals surface area contributed by atoms with Gasteiger partial charge in [0, 0.05) is 19.6 Å². The van der Waals surface area contributed by atoms with Crippen molar-refractivity contribution in [2.75, 3.05) is 33.3 Å². The average molecular weight is 436 g/mol. The van der Waals surface area contributed by atoms with E-state index in [4.69, 9.17) is 4.42 Å². The lowest BCUT2D eigenvalue weighted by Crippen LogP contribution is -2.46. The predicted molar refractivity (Wildman–Crippen MR) is 103 cm³/mol. The number of carbonyl (C=O) groups is 2. The van der Waals surface area contributed by atoms with Crippen molar-refractivity contribution >= 4 is 34.3 Å². The Hall–Kier alpha value is -1.62. The van der Waals surface area contributed by atoms with Crippen LogP contribution in [0.3, 0.4) is 0 Å². The van der Waals surface area contributed by atoms with Crippen LogP contribution in [0.15, 0.2) is 21.6 Å². The SMILES string of the molecule is COC(=O)c1ccc(S(=O)(=O)N2CCCC(CNC(=O)C3CCCN3)C2)o1.Cl. The van der Waals surface area contributed by atoms with Crippen LogP contribution in [0.4, 0.5) is 0 Å². The number of hydrogen-bond acceptors (Lipinski definition) is 7. The third-order valence-corrected chi connectivity index (χ3v) is 6.72. The summed E-state index contributed by atoms with van der Waals surface area (Å²) in [5.41, 5.74) is 0. The topological polar surface area (TPSA) is 118 Å². The van der Waals surface area contributed by atoms with Gasteiger partial charge in [0.05, 0.1) is 13.2 Å². The molecule has 2 fully saturated rings. The van der Waals surface area contributed by atoms with Crippen molar-refractivity contribution in [1.82, 2.24) is 14.9 Å². The molecule has 158 valence electrons. The molecule has 28 heavy (non-hydrogen) atoms. The number of ether oxygens (including phenoxy) is 1. The molecule has 0 aromatic carbocycles. The van der Waals surface area contributed by atoms with Gasteiger partial charge < -0.3 is 19.8 Å². The van der Waals surface area contributed by atoms with E-state index < -0.39 is 16.0 Å². The van der Waals surface area contributed by atoms with Gasteiger partial charge in [0.2, 0.25) is 16.8 Å². The first-order valence-electron chi connectivity index (χ1n) is 9.11. The van der Waals surface area contributed by atoms with Gasteiger partial charge in [0.15, 0.2) is 0 Å². The monoisotopic (exact) mass is 435 g/mol. The highest BCUT2D eigenvalue weighted by atomic mass is 35.5. The maximum Gasteiger partial charge on any atom is 0.374 e. The number of carbonyl (C=O) groups excluding carboxylic acids is 2. The zero-order chi connectivity index (χ0) is 19.4. The van der Waals surface area contributed by atoms with E-state index in [0.717, 1.165) is 25.8 Å². The third-order valence-electron chi connectivity index (χ3n) is 4.99. The Morgan fingerprint density at radius 1 is 1.32 bits per heavy atom. The van der Waals surface area contributed by atoms with E-state index in [-0.39, 0.29) is 41.1 Å². The first-order valence-corrected chi connectivity index (χ1v) is 10.5. The number of piperidine rings is 1. The van der Waals surface area contributed by atoms with Gasteiger partial charge in [0.1, 0.15) is 0 Å². The molecule has 3 rings (SSSR count). The van der Waals surface area contributed by atoms with E-state index in [1.807, 2.05) is 0 Å². The fourth-order valence-corrected chi connectivity index (χ4v) is 4.95. The fourth-order valence-electron chi connectivity index (χ4n) is 3.48. The molecule has 2 unspecified atom stereocenters. The molecule has 2 aliphatic rings. The summed E-state index contributed by atoms with van der Waals surface area (Å²) in [6.45, 7) is 1.97. The molecule has 0 aliphatic carbocycles. The molecule has 3 heterocycles. The second-order valence-electron chi connectivity index (χ2n) is 6.88. The van der Waals surface area contributed by atoms with E-state index in [2.05, 4.69) is 15.4 Å². The van der Waals surface area contributed by atoms with Crippen LogP contribution in [0.5, 0.6) is 0 Å². The minimum Gasteiger partial charge on any atom is -0.463 e. The summed E-state index contributed by atoms with van der Waals surface area (Å²) in [6, 6.07) is 2.40. The zero-order valence-electron chi connectivity index (χ0n) is 15.7. The van der Waals surface area contributed by atoms with E-state index in [1.165, 1.54) is 23.5 Å². The van der Waals surface area contributed by atoms with E-state index in [9.17, 15) is 18.0 Å². The van der Waals surface area contributed by atoms with Crippen LogP contribution in [0.2, 0.25) is 0 Å². The lowest BCUT2D eigenvalue weighted by molar-refractivity contribution is -0.123. The summed E-state index contributed by atoms with van der Waals surface area (Å²) in [4.78, 5) is 23.6. The first kappa shape index (κ1) is 22.7. The summed E-state index contributed by atoms with van der Waals surface area (Å²) in [7, 11) is -2.64. The van der Waals surface area contributed by atoms with Crippen molar-refractivity contribution < 1.29 is 27.2 Å². The number of amides is 1. The molecule has 1 aromatic heterocycles. The lowest BCUT2D eigenvalue weighted by atomic mass is 9.99. The number of halogens is 1. The average Bonchev–Trinajstić information content (AvgIpc) is 3.38. The minimum atomic E-state index is -3.84. The quantitative estimate of drug-likeness (QED) is 0.633. The van der Waals surface area contributed by atoms with Crippen LogP contribution >= 0.6 is 12.4 Å². The molecule has 11 heteroatoms. The summed E-state index contributed by atoms with van der Waals surface area (Å²) in [6.07, 6.45) is 3.37. The Morgan fingerprint density at radius 3 is 2.79 bits per heavy atom. The van der Waals surface area contributed by atoms with Gasteiger partial charge in [0.25, 0.3) is 10.0 Å². The third kappa shape index (κ3) is 5.05. The molecule has 2 N–H and O–H groups in total. The molecule has 1 amide bonds. The second-order valence-corrected chi connectivity index (χ2v) is 8.74. The number of methoxy groups -OCH3 is 1. The van der Waals surface area contributed by atoms with Crippen LogP contribution in [0.25, 0.3) is 0 Å². The van der Waals surface area contributed by atoms with Gasteiger partial charge in [-0.2, -0.15) is 4.31 Å². The van der Waals surface area contributed by atoms with Gasteiger partial charge >= 0.3 is 5.97 Å². The smallest absolute Gasteiger partial charge is 0.374 e. The normalized spacial score (nSPS) is 23.0. The lowest BCUT2D eigenvalue weighted by Gasteiger charge is -2.31. The van der Waals surface area contributed by atoms with Crippen LogP contribution in [0, 0.1) is 5.92 Å². The first-order chi connectivity index (χ1) is 12.9. The maximum absolute atomic E-state index is 12.8. The van der Waals surface area contributed by atoms with Crippen molar-refractivity contribution in [3.05, 3.63) is 17.9 Å². The molecule has 2 aliphatic heterocycles. The molecular weight excluding hydrogens is 410 g/mol. The van der Waals surface area contributed by atoms with Gasteiger partial charge in [-0.3, -0.25) is 4.79 Å². The summed E-state index contributed by atoms with van der Waals surface area (Å²) >= 11 is 0. The predicted octanol–water partition coefficient (Wildman–Crippen LogP) is 0.757. The standard InChI is InChI=1S/C17H25N3O6S.ClH/c1-25-17(22)14-6-7-15(26-14)27(23,24)20-9-3-4-12(11-20)10-19-16(21)13-5-2-8-18-13;/h6-7,12-13,18H,2-5,8-11H2,1H3,(H,19,21);1H. The van der Waals surface area contributed by atoms with Crippen LogP contribution < -0.4 is 10.6 Å². The molecule has 2 atom stereocenters. The highest BCUT2D eigenvalue weighted by Crippen LogP contribution is 2.25. The number of furan rings is 1. The van der Waals surface area contributed by atoms with Gasteiger partial charge in [-0.1, -0.05) is 0 Å². The Bertz CT molecular complexity index is 791. The van der Waals surface area contributed by atoms with E-state index >= 15 is 0 Å². The van der Waals surface area contributed by atoms with Crippen molar-refractivity contribution in [1.29, 1.82) is 0 Å². The zero-order valence-corrected chi connectivity index (χ0v) is 17.3. The molecule has 1 aromatic rings. The number of esters is 1. The van der Waals surface area contributed by atoms with Crippen molar-refractivity contribution in [3.8, 4) is 0 Å². The van der Waals surface area contributed by atoms with Crippen LogP contribution in [-0.4, -0.2) is 63.9 Å². The number of rotatable bonds is 6. The molecule has 0 radical (unpaired) electrons. The van der Waals surface area contributed by atoms with Gasteiger partial charge in [-0.25, -0.2) is 13.2 Å². The fraction of sp³-hybridized carbons (Fsp3) is 0.647. The van der Waals surface area contributed by atoms with Crippen molar-refractivity contribution in [3.63, 3.8) is 0 Å². The number of sulfonamides is 1. The summed E-state index contributed by atoms with van der Waals surface area (Å²) in [5, 5.41) is 5.80. The van der Waals surface area contributed by atoms with E-state index in [1.54, 1.807) is 0 Å². The van der Waals surface area contributed by atoms with Crippen molar-refractivity contribution in [2.45, 2.75) is 36.8 Å². The molecular formula is C17H26ClN3O6S. The number of nitrogens with one attached hydrogen (secondary N) is 2. The summed E-state index contributed by atoms with van der Waals surface area (Å²) < 4.78 is 36.6. The van der Waals surface area contributed by atoms with Crippen molar-refractivity contribution in [2.24, 2.45) is 5.92 Å². The molecule has 0 spiro atoms. The number of hydrogen-bond donors (Lipinski definition) is 2. The number of nitrogens with zero attached hydrogens (tertiary/aromatic N) is 1. The summed E-state index contributed by atoms with van der Waals surface area (Å²) in [5.74, 6) is -0.868. The molecule has 0 saturated carbocycles.